The molecule has 0 unspecified atom stereocenters. The fourth-order valence-electron chi connectivity index (χ4n) is 1.07. The number of hydrogen-bond donors (Lipinski definition) is 1. The summed E-state index contributed by atoms with van der Waals surface area (Å²) in [5, 5.41) is 17.2. The molecular weight excluding hydrogens is 206 g/mol. The third kappa shape index (κ3) is 2.07. The van der Waals surface area contributed by atoms with E-state index in [-0.39, 0.29) is 11.3 Å². The first-order valence-corrected chi connectivity index (χ1v) is 3.90. The zero-order valence-corrected chi connectivity index (χ0v) is 7.66. The fraction of sp³-hybridized carbons (Fsp3) is 0.222. The molecule has 0 atom stereocenters. The molecule has 1 aromatic rings. The van der Waals surface area contributed by atoms with E-state index in [1.54, 1.807) is 6.07 Å². The summed E-state index contributed by atoms with van der Waals surface area (Å²) in [6, 6.07) is 2.36. The van der Waals surface area contributed by atoms with Crippen molar-refractivity contribution in [3.63, 3.8) is 0 Å². The fourth-order valence-corrected chi connectivity index (χ4v) is 1.07. The highest BCUT2D eigenvalue weighted by Crippen LogP contribution is 2.24. The van der Waals surface area contributed by atoms with Crippen molar-refractivity contribution in [3.05, 3.63) is 28.6 Å². The van der Waals surface area contributed by atoms with Crippen molar-refractivity contribution in [1.82, 2.24) is 4.98 Å². The van der Waals surface area contributed by atoms with Crippen LogP contribution in [0.5, 0.6) is 0 Å². The average Bonchev–Trinajstić information content (AvgIpc) is 2.17. The number of hydrogen-bond acceptors (Lipinski definition) is 3. The van der Waals surface area contributed by atoms with Gasteiger partial charge in [-0.3, -0.25) is 0 Å². The van der Waals surface area contributed by atoms with Crippen LogP contribution >= 0.6 is 0 Å². The zero-order valence-electron chi connectivity index (χ0n) is 7.66. The summed E-state index contributed by atoms with van der Waals surface area (Å²) < 4.78 is 24.9. The molecule has 4 nitrogen and oxygen atoms in total. The Hall–Kier alpha value is -2.03. The maximum absolute atomic E-state index is 12.5. The molecule has 0 saturated carbocycles. The van der Waals surface area contributed by atoms with Gasteiger partial charge in [-0.1, -0.05) is 0 Å². The van der Waals surface area contributed by atoms with E-state index >= 15 is 0 Å². The Morgan fingerprint density at radius 2 is 2.27 bits per heavy atom. The molecule has 0 radical (unpaired) electrons. The van der Waals surface area contributed by atoms with E-state index in [0.717, 1.165) is 6.07 Å². The summed E-state index contributed by atoms with van der Waals surface area (Å²) in [6.07, 6.45) is -2.82. The SMILES string of the molecule is Cc1c(C(F)F)cc(C(=O)O)nc1C#N. The molecule has 0 aliphatic carbocycles. The molecule has 0 saturated heterocycles. The molecule has 0 aliphatic heterocycles. The van der Waals surface area contributed by atoms with E-state index in [9.17, 15) is 13.6 Å². The highest BCUT2D eigenvalue weighted by molar-refractivity contribution is 5.85. The van der Waals surface area contributed by atoms with Crippen molar-refractivity contribution in [2.45, 2.75) is 13.3 Å². The van der Waals surface area contributed by atoms with Gasteiger partial charge in [-0.2, -0.15) is 5.26 Å². The van der Waals surface area contributed by atoms with E-state index < -0.39 is 23.7 Å². The first-order chi connectivity index (χ1) is 6.97. The molecule has 1 heterocycles. The molecular formula is C9H6F2N2O2. The van der Waals surface area contributed by atoms with Crippen LogP contribution in [0.15, 0.2) is 6.07 Å². The lowest BCUT2D eigenvalue weighted by atomic mass is 10.1. The van der Waals surface area contributed by atoms with E-state index in [1.807, 2.05) is 0 Å². The average molecular weight is 212 g/mol. The first kappa shape index (κ1) is 11.0. The van der Waals surface area contributed by atoms with Gasteiger partial charge in [0.05, 0.1) is 0 Å². The number of nitriles is 1. The van der Waals surface area contributed by atoms with E-state index in [4.69, 9.17) is 10.4 Å². The topological polar surface area (TPSA) is 74.0 Å². The molecule has 0 spiro atoms. The standard InChI is InChI=1S/C9H6F2N2O2/c1-4-5(8(10)11)2-6(9(14)15)13-7(4)3-12/h2,8H,1H3,(H,14,15). The number of carboxylic acid groups (broad SMARTS) is 1. The number of carbonyl (C=O) groups is 1. The van der Waals surface area contributed by atoms with Crippen LogP contribution in [0.3, 0.4) is 0 Å². The number of rotatable bonds is 2. The number of alkyl halides is 2. The Morgan fingerprint density at radius 3 is 2.67 bits per heavy atom. The number of carboxylic acids is 1. The lowest BCUT2D eigenvalue weighted by Crippen LogP contribution is -2.06. The van der Waals surface area contributed by atoms with Crippen molar-refractivity contribution in [1.29, 1.82) is 5.26 Å². The molecule has 0 amide bonds. The van der Waals surface area contributed by atoms with Gasteiger partial charge in [0.1, 0.15) is 17.5 Å². The van der Waals surface area contributed by atoms with Crippen LogP contribution in [0.1, 0.15) is 33.7 Å². The molecule has 6 heteroatoms. The zero-order chi connectivity index (χ0) is 11.6. The number of halogens is 2. The van der Waals surface area contributed by atoms with Crippen molar-refractivity contribution < 1.29 is 18.7 Å². The van der Waals surface area contributed by atoms with Gasteiger partial charge in [0, 0.05) is 5.56 Å². The van der Waals surface area contributed by atoms with Gasteiger partial charge in [0.15, 0.2) is 0 Å². The number of aromatic carboxylic acids is 1. The number of nitrogens with zero attached hydrogens (tertiary/aromatic N) is 2. The van der Waals surface area contributed by atoms with Gasteiger partial charge in [0.25, 0.3) is 6.43 Å². The Kier molecular flexibility index (Phi) is 2.95. The van der Waals surface area contributed by atoms with Crippen LogP contribution in [0.25, 0.3) is 0 Å². The van der Waals surface area contributed by atoms with Crippen LogP contribution in [0.4, 0.5) is 8.78 Å². The summed E-state index contributed by atoms with van der Waals surface area (Å²) in [4.78, 5) is 14.0. The first-order valence-electron chi connectivity index (χ1n) is 3.90. The van der Waals surface area contributed by atoms with Gasteiger partial charge in [-0.25, -0.2) is 18.6 Å². The largest absolute Gasteiger partial charge is 0.477 e. The van der Waals surface area contributed by atoms with Crippen LogP contribution in [0.2, 0.25) is 0 Å². The van der Waals surface area contributed by atoms with E-state index in [0.29, 0.717) is 0 Å². The maximum atomic E-state index is 12.5. The van der Waals surface area contributed by atoms with Crippen LogP contribution in [-0.4, -0.2) is 16.1 Å². The van der Waals surface area contributed by atoms with Crippen molar-refractivity contribution >= 4 is 5.97 Å². The van der Waals surface area contributed by atoms with Crippen molar-refractivity contribution in [3.8, 4) is 6.07 Å². The lowest BCUT2D eigenvalue weighted by Gasteiger charge is -2.06. The van der Waals surface area contributed by atoms with Crippen LogP contribution in [-0.2, 0) is 0 Å². The normalized spacial score (nSPS) is 10.1. The van der Waals surface area contributed by atoms with Gasteiger partial charge < -0.3 is 5.11 Å². The lowest BCUT2D eigenvalue weighted by molar-refractivity contribution is 0.0689. The van der Waals surface area contributed by atoms with Crippen molar-refractivity contribution in [2.75, 3.05) is 0 Å². The second-order valence-electron chi connectivity index (χ2n) is 2.79. The smallest absolute Gasteiger partial charge is 0.354 e. The van der Waals surface area contributed by atoms with E-state index in [2.05, 4.69) is 4.98 Å². The van der Waals surface area contributed by atoms with Crippen LogP contribution in [0, 0.1) is 18.3 Å². The molecule has 1 rings (SSSR count). The highest BCUT2D eigenvalue weighted by Gasteiger charge is 2.18. The minimum Gasteiger partial charge on any atom is -0.477 e. The summed E-state index contributed by atoms with van der Waals surface area (Å²) in [7, 11) is 0. The predicted octanol–water partition coefficient (Wildman–Crippen LogP) is 1.90. The van der Waals surface area contributed by atoms with Gasteiger partial charge >= 0.3 is 5.97 Å². The molecule has 78 valence electrons. The Bertz CT molecular complexity index is 452. The summed E-state index contributed by atoms with van der Waals surface area (Å²) >= 11 is 0. The summed E-state index contributed by atoms with van der Waals surface area (Å²) in [5.74, 6) is -1.44. The number of pyridine rings is 1. The third-order valence-corrected chi connectivity index (χ3v) is 1.87. The van der Waals surface area contributed by atoms with Crippen LogP contribution < -0.4 is 0 Å². The molecule has 1 N–H and O–H groups in total. The quantitative estimate of drug-likeness (QED) is 0.812. The number of aromatic nitrogens is 1. The molecule has 1 aromatic heterocycles. The predicted molar refractivity (Wildman–Crippen MR) is 45.6 cm³/mol. The third-order valence-electron chi connectivity index (χ3n) is 1.87. The molecule has 0 bridgehead atoms. The monoisotopic (exact) mass is 212 g/mol. The van der Waals surface area contributed by atoms with Crippen molar-refractivity contribution in [2.24, 2.45) is 0 Å². The molecule has 15 heavy (non-hydrogen) atoms. The van der Waals surface area contributed by atoms with Gasteiger partial charge in [-0.05, 0) is 18.6 Å². The molecule has 0 aliphatic rings. The highest BCUT2D eigenvalue weighted by atomic mass is 19.3. The molecule has 0 aromatic carbocycles. The summed E-state index contributed by atoms with van der Waals surface area (Å²) in [6.45, 7) is 1.30. The second-order valence-corrected chi connectivity index (χ2v) is 2.79. The molecule has 0 fully saturated rings. The minimum absolute atomic E-state index is 0.0116. The Labute approximate surface area is 83.8 Å². The second kappa shape index (κ2) is 4.00. The van der Waals surface area contributed by atoms with Gasteiger partial charge in [0.2, 0.25) is 0 Å². The Balaban J connectivity index is 3.47. The van der Waals surface area contributed by atoms with Gasteiger partial charge in [-0.15, -0.1) is 0 Å². The Morgan fingerprint density at radius 1 is 1.67 bits per heavy atom. The maximum Gasteiger partial charge on any atom is 0.354 e. The van der Waals surface area contributed by atoms with E-state index in [1.165, 1.54) is 6.92 Å². The summed E-state index contributed by atoms with van der Waals surface area (Å²) in [5.41, 5.74) is -1.30. The minimum atomic E-state index is -2.82.